The van der Waals surface area contributed by atoms with Gasteiger partial charge in [0, 0.05) is 0 Å². The summed E-state index contributed by atoms with van der Waals surface area (Å²) in [5.74, 6) is 2.21. The van der Waals surface area contributed by atoms with Gasteiger partial charge >= 0.3 is 0 Å². The molecule has 2 atom stereocenters. The molecule has 1 aliphatic carbocycles. The Kier molecular flexibility index (Phi) is 3.94. The standard InChI is InChI=1S/C18H26/c1-6-13(4)18-11-15(12(2)3)8-10-17(18)16-9-7-14(16)5/h8,10-12,14,16H,4,6-7,9H2,1-3,5H3. The Morgan fingerprint density at radius 1 is 1.33 bits per heavy atom. The third kappa shape index (κ3) is 2.39. The van der Waals surface area contributed by atoms with Crippen LogP contribution in [0.5, 0.6) is 0 Å². The van der Waals surface area contributed by atoms with E-state index >= 15 is 0 Å². The van der Waals surface area contributed by atoms with Gasteiger partial charge in [0.15, 0.2) is 0 Å². The molecule has 1 saturated carbocycles. The third-order valence-electron chi connectivity index (χ3n) is 4.57. The zero-order valence-electron chi connectivity index (χ0n) is 12.3. The molecular formula is C18H26. The Morgan fingerprint density at radius 3 is 2.50 bits per heavy atom. The topological polar surface area (TPSA) is 0 Å². The van der Waals surface area contributed by atoms with Gasteiger partial charge in [0.25, 0.3) is 0 Å². The molecule has 1 aromatic carbocycles. The van der Waals surface area contributed by atoms with Gasteiger partial charge in [0.05, 0.1) is 0 Å². The van der Waals surface area contributed by atoms with Crippen molar-refractivity contribution in [3.05, 3.63) is 41.5 Å². The Hall–Kier alpha value is -1.04. The summed E-state index contributed by atoms with van der Waals surface area (Å²) in [5.41, 5.74) is 5.71. The predicted molar refractivity (Wildman–Crippen MR) is 81.0 cm³/mol. The van der Waals surface area contributed by atoms with Crippen LogP contribution in [0.1, 0.15) is 75.5 Å². The first-order valence-electron chi connectivity index (χ1n) is 7.36. The van der Waals surface area contributed by atoms with Crippen molar-refractivity contribution >= 4 is 5.57 Å². The van der Waals surface area contributed by atoms with Crippen molar-refractivity contribution in [2.75, 3.05) is 0 Å². The van der Waals surface area contributed by atoms with Crippen molar-refractivity contribution < 1.29 is 0 Å². The van der Waals surface area contributed by atoms with Crippen molar-refractivity contribution in [3.8, 4) is 0 Å². The lowest BCUT2D eigenvalue weighted by Gasteiger charge is -2.36. The molecule has 1 aliphatic rings. The lowest BCUT2D eigenvalue weighted by Crippen LogP contribution is -2.22. The van der Waals surface area contributed by atoms with Crippen molar-refractivity contribution in [1.82, 2.24) is 0 Å². The number of benzene rings is 1. The summed E-state index contributed by atoms with van der Waals surface area (Å²) in [5, 5.41) is 0. The van der Waals surface area contributed by atoms with E-state index in [0.29, 0.717) is 5.92 Å². The maximum atomic E-state index is 4.27. The van der Waals surface area contributed by atoms with Crippen LogP contribution in [0.15, 0.2) is 24.8 Å². The van der Waals surface area contributed by atoms with Crippen LogP contribution in [0.4, 0.5) is 0 Å². The van der Waals surface area contributed by atoms with Gasteiger partial charge in [-0.15, -0.1) is 0 Å². The summed E-state index contributed by atoms with van der Waals surface area (Å²) in [7, 11) is 0. The fourth-order valence-corrected chi connectivity index (χ4v) is 2.88. The lowest BCUT2D eigenvalue weighted by molar-refractivity contribution is 0.280. The van der Waals surface area contributed by atoms with Crippen molar-refractivity contribution in [1.29, 1.82) is 0 Å². The lowest BCUT2D eigenvalue weighted by atomic mass is 9.69. The van der Waals surface area contributed by atoms with Crippen LogP contribution in [0.3, 0.4) is 0 Å². The molecule has 98 valence electrons. The molecule has 0 radical (unpaired) electrons. The van der Waals surface area contributed by atoms with Gasteiger partial charge in [-0.1, -0.05) is 52.5 Å². The van der Waals surface area contributed by atoms with E-state index in [2.05, 4.69) is 52.5 Å². The minimum absolute atomic E-state index is 0.598. The quantitative estimate of drug-likeness (QED) is 0.631. The fraction of sp³-hybridized carbons (Fsp3) is 0.556. The van der Waals surface area contributed by atoms with Crippen LogP contribution < -0.4 is 0 Å². The minimum atomic E-state index is 0.598. The predicted octanol–water partition coefficient (Wildman–Crippen LogP) is 5.75. The van der Waals surface area contributed by atoms with Crippen molar-refractivity contribution in [2.24, 2.45) is 5.92 Å². The first-order valence-corrected chi connectivity index (χ1v) is 7.36. The van der Waals surface area contributed by atoms with Gasteiger partial charge in [0.2, 0.25) is 0 Å². The first-order chi connectivity index (χ1) is 8.54. The summed E-state index contributed by atoms with van der Waals surface area (Å²) < 4.78 is 0. The summed E-state index contributed by atoms with van der Waals surface area (Å²) in [6, 6.07) is 7.07. The van der Waals surface area contributed by atoms with Gasteiger partial charge in [-0.25, -0.2) is 0 Å². The van der Waals surface area contributed by atoms with E-state index in [0.717, 1.165) is 18.3 Å². The molecule has 18 heavy (non-hydrogen) atoms. The van der Waals surface area contributed by atoms with Crippen LogP contribution in [-0.2, 0) is 0 Å². The van der Waals surface area contributed by atoms with E-state index < -0.39 is 0 Å². The molecule has 1 fully saturated rings. The van der Waals surface area contributed by atoms with Crippen LogP contribution in [0.2, 0.25) is 0 Å². The van der Waals surface area contributed by atoms with E-state index in [1.54, 1.807) is 5.56 Å². The minimum Gasteiger partial charge on any atom is -0.0952 e. The molecule has 0 aliphatic heterocycles. The summed E-state index contributed by atoms with van der Waals surface area (Å²) in [4.78, 5) is 0. The Labute approximate surface area is 112 Å². The number of hydrogen-bond acceptors (Lipinski definition) is 0. The Bertz CT molecular complexity index is 439. The van der Waals surface area contributed by atoms with E-state index in [-0.39, 0.29) is 0 Å². The highest BCUT2D eigenvalue weighted by molar-refractivity contribution is 5.67. The maximum absolute atomic E-state index is 4.27. The summed E-state index contributed by atoms with van der Waals surface area (Å²) >= 11 is 0. The molecule has 1 aromatic rings. The van der Waals surface area contributed by atoms with Gasteiger partial charge in [0.1, 0.15) is 0 Å². The van der Waals surface area contributed by atoms with Gasteiger partial charge in [-0.3, -0.25) is 0 Å². The van der Waals surface area contributed by atoms with Crippen molar-refractivity contribution in [2.45, 2.75) is 58.8 Å². The second kappa shape index (κ2) is 5.30. The van der Waals surface area contributed by atoms with Gasteiger partial charge in [-0.05, 0) is 59.3 Å². The fourth-order valence-electron chi connectivity index (χ4n) is 2.88. The average molecular weight is 242 g/mol. The number of rotatable bonds is 4. The van der Waals surface area contributed by atoms with Crippen LogP contribution in [0, 0.1) is 5.92 Å². The van der Waals surface area contributed by atoms with E-state index in [9.17, 15) is 0 Å². The van der Waals surface area contributed by atoms with Gasteiger partial charge < -0.3 is 0 Å². The molecule has 0 nitrogen and oxygen atoms in total. The van der Waals surface area contributed by atoms with Crippen LogP contribution >= 0.6 is 0 Å². The van der Waals surface area contributed by atoms with E-state index in [4.69, 9.17) is 0 Å². The summed E-state index contributed by atoms with van der Waals surface area (Å²) in [6.07, 6.45) is 3.79. The molecule has 0 bridgehead atoms. The molecule has 0 amide bonds. The monoisotopic (exact) mass is 242 g/mol. The molecule has 0 saturated heterocycles. The molecule has 0 aromatic heterocycles. The van der Waals surface area contributed by atoms with Crippen LogP contribution in [0.25, 0.3) is 5.57 Å². The smallest absolute Gasteiger partial charge is 0.0130 e. The molecule has 0 heterocycles. The SMILES string of the molecule is C=C(CC)c1cc(C(C)C)ccc1C1CCC1C. The zero-order valence-corrected chi connectivity index (χ0v) is 12.3. The largest absolute Gasteiger partial charge is 0.0952 e. The van der Waals surface area contributed by atoms with Gasteiger partial charge in [-0.2, -0.15) is 0 Å². The highest BCUT2D eigenvalue weighted by Crippen LogP contribution is 2.45. The normalized spacial score (nSPS) is 22.9. The second-order valence-corrected chi connectivity index (χ2v) is 6.12. The third-order valence-corrected chi connectivity index (χ3v) is 4.57. The average Bonchev–Trinajstić information content (AvgIpc) is 2.36. The van der Waals surface area contributed by atoms with Crippen LogP contribution in [-0.4, -0.2) is 0 Å². The zero-order chi connectivity index (χ0) is 13.3. The first kappa shape index (κ1) is 13.4. The number of hydrogen-bond donors (Lipinski definition) is 0. The molecule has 0 N–H and O–H groups in total. The number of allylic oxidation sites excluding steroid dienone is 1. The molecule has 2 unspecified atom stereocenters. The second-order valence-electron chi connectivity index (χ2n) is 6.12. The molecule has 2 rings (SSSR count). The molecule has 0 heteroatoms. The molecular weight excluding hydrogens is 216 g/mol. The van der Waals surface area contributed by atoms with E-state index in [1.165, 1.54) is 29.5 Å². The molecule has 0 spiro atoms. The maximum Gasteiger partial charge on any atom is -0.0130 e. The Morgan fingerprint density at radius 2 is 2.06 bits per heavy atom. The Balaban J connectivity index is 2.42. The van der Waals surface area contributed by atoms with Crippen molar-refractivity contribution in [3.63, 3.8) is 0 Å². The summed E-state index contributed by atoms with van der Waals surface area (Å²) in [6.45, 7) is 13.4. The van der Waals surface area contributed by atoms with E-state index in [1.807, 2.05) is 0 Å². The highest BCUT2D eigenvalue weighted by Gasteiger charge is 2.30. The highest BCUT2D eigenvalue weighted by atomic mass is 14.3.